The molecule has 3 aromatic rings. The number of furan rings is 1. The van der Waals surface area contributed by atoms with E-state index in [1.165, 1.54) is 10.4 Å². The molecule has 7 nitrogen and oxygen atoms in total. The predicted octanol–water partition coefficient (Wildman–Crippen LogP) is 4.41. The number of ether oxygens (including phenoxy) is 1. The number of anilines is 1. The molecule has 32 heavy (non-hydrogen) atoms. The van der Waals surface area contributed by atoms with Crippen molar-refractivity contribution in [2.24, 2.45) is 0 Å². The quantitative estimate of drug-likeness (QED) is 0.579. The first-order valence-electron chi connectivity index (χ1n) is 9.77. The maximum atomic E-state index is 12.9. The third-order valence-corrected chi connectivity index (χ3v) is 6.84. The Morgan fingerprint density at radius 3 is 2.50 bits per heavy atom. The number of hydrogen-bond acceptors (Lipinski definition) is 5. The van der Waals surface area contributed by atoms with Crippen molar-refractivity contribution in [3.05, 3.63) is 54.3 Å². The van der Waals surface area contributed by atoms with Crippen LogP contribution in [0.1, 0.15) is 23.4 Å². The van der Waals surface area contributed by atoms with Crippen molar-refractivity contribution >= 4 is 32.6 Å². The zero-order chi connectivity index (χ0) is 22.9. The number of benzene rings is 2. The number of carbonyl (C=O) groups excluding carboxylic acids is 1. The Morgan fingerprint density at radius 2 is 1.81 bits per heavy atom. The summed E-state index contributed by atoms with van der Waals surface area (Å²) in [5, 5.41) is 3.08. The number of nitrogens with zero attached hydrogens (tertiary/aromatic N) is 1. The van der Waals surface area contributed by atoms with Gasteiger partial charge in [-0.15, -0.1) is 0 Å². The van der Waals surface area contributed by atoms with Crippen LogP contribution in [0.2, 0.25) is 0 Å². The minimum Gasteiger partial charge on any atom is -0.482 e. The lowest BCUT2D eigenvalue weighted by molar-refractivity contribution is -0.153. The average Bonchev–Trinajstić information content (AvgIpc) is 3.42. The van der Waals surface area contributed by atoms with Crippen LogP contribution in [0.5, 0.6) is 5.75 Å². The molecule has 2 aromatic carbocycles. The van der Waals surface area contributed by atoms with Gasteiger partial charge < -0.3 is 14.5 Å². The summed E-state index contributed by atoms with van der Waals surface area (Å²) in [4.78, 5) is 12.6. The number of hydrogen-bond donors (Lipinski definition) is 1. The van der Waals surface area contributed by atoms with Gasteiger partial charge >= 0.3 is 6.18 Å². The van der Waals surface area contributed by atoms with Crippen molar-refractivity contribution in [2.75, 3.05) is 25.0 Å². The molecule has 0 atom stereocenters. The molecule has 1 N–H and O–H groups in total. The number of carbonyl (C=O) groups is 1. The Bertz CT molecular complexity index is 1210. The number of sulfonamides is 1. The van der Waals surface area contributed by atoms with Gasteiger partial charge in [0.15, 0.2) is 12.4 Å². The second kappa shape index (κ2) is 8.47. The fourth-order valence-corrected chi connectivity index (χ4v) is 4.95. The monoisotopic (exact) mass is 468 g/mol. The van der Waals surface area contributed by atoms with Crippen LogP contribution in [0.4, 0.5) is 18.9 Å². The van der Waals surface area contributed by atoms with Gasteiger partial charge in [-0.3, -0.25) is 4.79 Å². The highest BCUT2D eigenvalue weighted by atomic mass is 32.2. The van der Waals surface area contributed by atoms with Crippen LogP contribution >= 0.6 is 0 Å². The zero-order valence-electron chi connectivity index (χ0n) is 16.7. The summed E-state index contributed by atoms with van der Waals surface area (Å²) < 4.78 is 75.3. The van der Waals surface area contributed by atoms with Crippen molar-refractivity contribution < 1.29 is 35.5 Å². The third-order valence-electron chi connectivity index (χ3n) is 4.94. The third kappa shape index (κ3) is 4.73. The van der Waals surface area contributed by atoms with E-state index < -0.39 is 28.7 Å². The van der Waals surface area contributed by atoms with Crippen LogP contribution in [0.3, 0.4) is 0 Å². The van der Waals surface area contributed by atoms with Gasteiger partial charge in [0.25, 0.3) is 5.91 Å². The molecular formula is C21H19F3N2O5S. The molecule has 0 bridgehead atoms. The van der Waals surface area contributed by atoms with Crippen molar-refractivity contribution in [1.82, 2.24) is 4.31 Å². The predicted molar refractivity (Wildman–Crippen MR) is 110 cm³/mol. The maximum absolute atomic E-state index is 12.9. The highest BCUT2D eigenvalue weighted by molar-refractivity contribution is 7.89. The Balaban J connectivity index is 1.66. The molecule has 1 aromatic heterocycles. The molecular weight excluding hydrogens is 449 g/mol. The van der Waals surface area contributed by atoms with Gasteiger partial charge in [0.1, 0.15) is 11.3 Å². The lowest BCUT2D eigenvalue weighted by Crippen LogP contribution is -2.28. The highest BCUT2D eigenvalue weighted by Crippen LogP contribution is 2.32. The van der Waals surface area contributed by atoms with Gasteiger partial charge in [0.2, 0.25) is 10.0 Å². The Hall–Kier alpha value is -3.05. The molecule has 2 heterocycles. The molecule has 0 aliphatic carbocycles. The van der Waals surface area contributed by atoms with Crippen molar-refractivity contribution in [1.29, 1.82) is 0 Å². The standard InChI is InChI=1S/C21H19F3N2O5S/c22-21(23,24)13-30-18-8-7-15(32(28,29)26-9-3-4-10-26)12-16(18)25-20(27)19-11-14-5-1-2-6-17(14)31-19/h1-2,5-8,11-12H,3-4,9-10,13H2,(H,25,27). The van der Waals surface area contributed by atoms with E-state index in [1.54, 1.807) is 24.3 Å². The largest absolute Gasteiger partial charge is 0.482 e. The van der Waals surface area contributed by atoms with E-state index in [0.29, 0.717) is 24.1 Å². The smallest absolute Gasteiger partial charge is 0.422 e. The van der Waals surface area contributed by atoms with E-state index in [-0.39, 0.29) is 22.1 Å². The first-order chi connectivity index (χ1) is 15.1. The van der Waals surface area contributed by atoms with Gasteiger partial charge in [0, 0.05) is 18.5 Å². The van der Waals surface area contributed by atoms with Crippen LogP contribution in [0.15, 0.2) is 57.8 Å². The fourth-order valence-electron chi connectivity index (χ4n) is 3.41. The zero-order valence-corrected chi connectivity index (χ0v) is 17.5. The number of halogens is 3. The van der Waals surface area contributed by atoms with Crippen LogP contribution in [-0.2, 0) is 10.0 Å². The van der Waals surface area contributed by atoms with E-state index in [1.807, 2.05) is 0 Å². The Morgan fingerprint density at radius 1 is 1.09 bits per heavy atom. The van der Waals surface area contributed by atoms with Crippen LogP contribution in [0.25, 0.3) is 11.0 Å². The summed E-state index contributed by atoms with van der Waals surface area (Å²) in [6.07, 6.45) is -3.16. The summed E-state index contributed by atoms with van der Waals surface area (Å²) in [5.41, 5.74) is 0.247. The van der Waals surface area contributed by atoms with Crippen molar-refractivity contribution in [2.45, 2.75) is 23.9 Å². The second-order valence-corrected chi connectivity index (χ2v) is 9.21. The molecule has 170 valence electrons. The Kier molecular flexibility index (Phi) is 5.87. The van der Waals surface area contributed by atoms with E-state index >= 15 is 0 Å². The number of para-hydroxylation sites is 1. The van der Waals surface area contributed by atoms with Crippen LogP contribution in [-0.4, -0.2) is 44.5 Å². The molecule has 11 heteroatoms. The number of nitrogens with one attached hydrogen (secondary N) is 1. The van der Waals surface area contributed by atoms with E-state index in [2.05, 4.69) is 5.32 Å². The van der Waals surface area contributed by atoms with E-state index in [4.69, 9.17) is 9.15 Å². The molecule has 0 radical (unpaired) electrons. The van der Waals surface area contributed by atoms with Gasteiger partial charge in [-0.1, -0.05) is 18.2 Å². The summed E-state index contributed by atoms with van der Waals surface area (Å²) in [6.45, 7) is -0.886. The molecule has 1 aliphatic heterocycles. The molecule has 0 spiro atoms. The van der Waals surface area contributed by atoms with Crippen LogP contribution < -0.4 is 10.1 Å². The average molecular weight is 468 g/mol. The topological polar surface area (TPSA) is 88.9 Å². The second-order valence-electron chi connectivity index (χ2n) is 7.28. The molecule has 1 amide bonds. The Labute approximate surface area is 181 Å². The fraction of sp³-hybridized carbons (Fsp3) is 0.286. The molecule has 1 fully saturated rings. The number of alkyl halides is 3. The lowest BCUT2D eigenvalue weighted by atomic mass is 10.2. The van der Waals surface area contributed by atoms with Crippen molar-refractivity contribution in [3.63, 3.8) is 0 Å². The first kappa shape index (κ1) is 22.2. The minimum atomic E-state index is -4.61. The number of rotatable bonds is 6. The number of amides is 1. The van der Waals surface area contributed by atoms with E-state index in [0.717, 1.165) is 31.0 Å². The lowest BCUT2D eigenvalue weighted by Gasteiger charge is -2.18. The molecule has 1 aliphatic rings. The number of fused-ring (bicyclic) bond motifs is 1. The van der Waals surface area contributed by atoms with E-state index in [9.17, 15) is 26.4 Å². The molecule has 0 unspecified atom stereocenters. The summed E-state index contributed by atoms with van der Waals surface area (Å²) in [6, 6.07) is 11.7. The first-order valence-corrected chi connectivity index (χ1v) is 11.2. The van der Waals surface area contributed by atoms with Gasteiger partial charge in [-0.25, -0.2) is 8.42 Å². The van der Waals surface area contributed by atoms with Gasteiger partial charge in [0.05, 0.1) is 10.6 Å². The SMILES string of the molecule is O=C(Nc1cc(S(=O)(=O)N2CCCC2)ccc1OCC(F)(F)F)c1cc2ccccc2o1. The maximum Gasteiger partial charge on any atom is 0.422 e. The molecule has 0 saturated carbocycles. The van der Waals surface area contributed by atoms with Gasteiger partial charge in [-0.05, 0) is 43.2 Å². The van der Waals surface area contributed by atoms with Crippen LogP contribution in [0, 0.1) is 0 Å². The summed E-state index contributed by atoms with van der Waals surface area (Å²) in [7, 11) is -3.86. The normalized spacial score (nSPS) is 15.2. The molecule has 1 saturated heterocycles. The van der Waals surface area contributed by atoms with Crippen molar-refractivity contribution in [3.8, 4) is 5.75 Å². The highest BCUT2D eigenvalue weighted by Gasteiger charge is 2.31. The minimum absolute atomic E-state index is 0.0826. The van der Waals surface area contributed by atoms with Gasteiger partial charge in [-0.2, -0.15) is 17.5 Å². The summed E-state index contributed by atoms with van der Waals surface area (Å²) >= 11 is 0. The summed E-state index contributed by atoms with van der Waals surface area (Å²) in [5.74, 6) is -1.15. The molecule has 4 rings (SSSR count).